The minimum atomic E-state index is 0.101. The molecule has 1 aromatic rings. The summed E-state index contributed by atoms with van der Waals surface area (Å²) in [6, 6.07) is 10.4. The zero-order valence-corrected chi connectivity index (χ0v) is 12.4. The molecule has 108 valence electrons. The van der Waals surface area contributed by atoms with Crippen molar-refractivity contribution in [2.24, 2.45) is 11.3 Å². The minimum Gasteiger partial charge on any atom is -0.396 e. The van der Waals surface area contributed by atoms with Crippen LogP contribution in [0.15, 0.2) is 30.3 Å². The lowest BCUT2D eigenvalue weighted by atomic mass is 9.94. The van der Waals surface area contributed by atoms with Gasteiger partial charge in [-0.2, -0.15) is 0 Å². The lowest BCUT2D eigenvalue weighted by Crippen LogP contribution is -2.33. The van der Waals surface area contributed by atoms with Crippen LogP contribution in [0, 0.1) is 11.3 Å². The van der Waals surface area contributed by atoms with Crippen LogP contribution in [0.3, 0.4) is 0 Å². The summed E-state index contributed by atoms with van der Waals surface area (Å²) in [5, 5.41) is 12.4. The van der Waals surface area contributed by atoms with Gasteiger partial charge < -0.3 is 15.2 Å². The molecule has 0 aromatic heterocycles. The van der Waals surface area contributed by atoms with Gasteiger partial charge in [0.05, 0.1) is 13.2 Å². The third-order valence-corrected chi connectivity index (χ3v) is 2.98. The highest BCUT2D eigenvalue weighted by atomic mass is 16.5. The molecule has 0 saturated heterocycles. The maximum Gasteiger partial charge on any atom is 0.0529 e. The maximum absolute atomic E-state index is 8.94. The van der Waals surface area contributed by atoms with Gasteiger partial charge in [-0.25, -0.2) is 0 Å². The molecule has 3 heteroatoms. The summed E-state index contributed by atoms with van der Waals surface area (Å²) in [4.78, 5) is 0. The molecule has 0 amide bonds. The highest BCUT2D eigenvalue weighted by Gasteiger charge is 2.18. The van der Waals surface area contributed by atoms with Crippen molar-refractivity contribution in [1.29, 1.82) is 0 Å². The third kappa shape index (κ3) is 7.31. The van der Waals surface area contributed by atoms with Crippen LogP contribution in [0.1, 0.15) is 26.3 Å². The first-order valence-corrected chi connectivity index (χ1v) is 6.97. The minimum absolute atomic E-state index is 0.101. The number of hydrogen-bond acceptors (Lipinski definition) is 3. The van der Waals surface area contributed by atoms with Crippen molar-refractivity contribution in [2.75, 3.05) is 26.4 Å². The Labute approximate surface area is 117 Å². The van der Waals surface area contributed by atoms with E-state index in [0.717, 1.165) is 13.1 Å². The van der Waals surface area contributed by atoms with Gasteiger partial charge in [-0.05, 0) is 5.56 Å². The third-order valence-electron chi connectivity index (χ3n) is 2.98. The molecule has 0 saturated carbocycles. The second-order valence-corrected chi connectivity index (χ2v) is 6.06. The Morgan fingerprint density at radius 2 is 1.95 bits per heavy atom. The van der Waals surface area contributed by atoms with E-state index in [2.05, 4.69) is 43.4 Å². The van der Waals surface area contributed by atoms with Crippen molar-refractivity contribution < 1.29 is 9.84 Å². The van der Waals surface area contributed by atoms with Crippen LogP contribution in [0.4, 0.5) is 0 Å². The number of aliphatic hydroxyl groups excluding tert-OH is 1. The first-order chi connectivity index (χ1) is 9.03. The van der Waals surface area contributed by atoms with E-state index in [1.807, 2.05) is 13.0 Å². The number of ether oxygens (including phenoxy) is 1. The second-order valence-electron chi connectivity index (χ2n) is 6.06. The van der Waals surface area contributed by atoms with Crippen molar-refractivity contribution in [3.63, 3.8) is 0 Å². The molecule has 2 N–H and O–H groups in total. The van der Waals surface area contributed by atoms with E-state index in [4.69, 9.17) is 9.84 Å². The Balaban J connectivity index is 2.19. The van der Waals surface area contributed by atoms with E-state index in [0.29, 0.717) is 13.2 Å². The molecular formula is C16H27NO2. The molecule has 1 aromatic carbocycles. The first-order valence-electron chi connectivity index (χ1n) is 6.97. The molecule has 0 fully saturated rings. The van der Waals surface area contributed by atoms with Gasteiger partial charge in [0.1, 0.15) is 0 Å². The van der Waals surface area contributed by atoms with Crippen LogP contribution in [-0.4, -0.2) is 31.5 Å². The SMILES string of the molecule is CC(CO)COCC(C)(C)CNCc1ccccc1. The van der Waals surface area contributed by atoms with Crippen molar-refractivity contribution in [2.45, 2.75) is 27.3 Å². The zero-order chi connectivity index (χ0) is 14.1. The van der Waals surface area contributed by atoms with Gasteiger partial charge in [-0.3, -0.25) is 0 Å². The fourth-order valence-corrected chi connectivity index (χ4v) is 1.78. The van der Waals surface area contributed by atoms with Gasteiger partial charge in [-0.15, -0.1) is 0 Å². The molecular weight excluding hydrogens is 238 g/mol. The summed E-state index contributed by atoms with van der Waals surface area (Å²) in [6.07, 6.45) is 0. The smallest absolute Gasteiger partial charge is 0.0529 e. The summed E-state index contributed by atoms with van der Waals surface area (Å²) in [5.74, 6) is 0.216. The second kappa shape index (κ2) is 8.31. The molecule has 1 unspecified atom stereocenters. The molecule has 0 spiro atoms. The van der Waals surface area contributed by atoms with Gasteiger partial charge in [0.2, 0.25) is 0 Å². The average molecular weight is 265 g/mol. The molecule has 0 aliphatic heterocycles. The Morgan fingerprint density at radius 1 is 1.26 bits per heavy atom. The number of hydrogen-bond donors (Lipinski definition) is 2. The predicted octanol–water partition coefficient (Wildman–Crippen LogP) is 2.45. The summed E-state index contributed by atoms with van der Waals surface area (Å²) >= 11 is 0. The number of rotatable bonds is 9. The Morgan fingerprint density at radius 3 is 2.58 bits per heavy atom. The lowest BCUT2D eigenvalue weighted by Gasteiger charge is -2.25. The molecule has 1 atom stereocenters. The van der Waals surface area contributed by atoms with Crippen LogP contribution in [-0.2, 0) is 11.3 Å². The molecule has 0 aliphatic carbocycles. The number of benzene rings is 1. The number of aliphatic hydroxyl groups is 1. The van der Waals surface area contributed by atoms with Crippen LogP contribution in [0.25, 0.3) is 0 Å². The maximum atomic E-state index is 8.94. The largest absolute Gasteiger partial charge is 0.396 e. The topological polar surface area (TPSA) is 41.5 Å². The number of nitrogens with one attached hydrogen (secondary N) is 1. The van der Waals surface area contributed by atoms with E-state index in [1.165, 1.54) is 5.56 Å². The van der Waals surface area contributed by atoms with Gasteiger partial charge in [0, 0.05) is 31.0 Å². The van der Waals surface area contributed by atoms with Crippen LogP contribution < -0.4 is 5.32 Å². The Bertz CT molecular complexity index is 338. The summed E-state index contributed by atoms with van der Waals surface area (Å²) < 4.78 is 5.65. The standard InChI is InChI=1S/C16H27NO2/c1-14(10-18)11-19-13-16(2,3)12-17-9-15-7-5-4-6-8-15/h4-8,14,17-18H,9-13H2,1-3H3. The molecule has 0 bridgehead atoms. The Kier molecular flexibility index (Phi) is 7.06. The Hall–Kier alpha value is -0.900. The molecule has 19 heavy (non-hydrogen) atoms. The van der Waals surface area contributed by atoms with E-state index >= 15 is 0 Å². The molecule has 0 aliphatic rings. The zero-order valence-electron chi connectivity index (χ0n) is 12.4. The average Bonchev–Trinajstić information content (AvgIpc) is 2.39. The highest BCUT2D eigenvalue weighted by Crippen LogP contribution is 2.15. The van der Waals surface area contributed by atoms with E-state index in [9.17, 15) is 0 Å². The molecule has 0 heterocycles. The first kappa shape index (κ1) is 16.2. The van der Waals surface area contributed by atoms with Crippen LogP contribution in [0.5, 0.6) is 0 Å². The monoisotopic (exact) mass is 265 g/mol. The van der Waals surface area contributed by atoms with Crippen molar-refractivity contribution in [1.82, 2.24) is 5.32 Å². The predicted molar refractivity (Wildman–Crippen MR) is 79.0 cm³/mol. The molecule has 1 rings (SSSR count). The van der Waals surface area contributed by atoms with Crippen LogP contribution in [0.2, 0.25) is 0 Å². The van der Waals surface area contributed by atoms with Crippen molar-refractivity contribution in [3.05, 3.63) is 35.9 Å². The summed E-state index contributed by atoms with van der Waals surface area (Å²) in [5.41, 5.74) is 1.40. The van der Waals surface area contributed by atoms with Gasteiger partial charge in [0.15, 0.2) is 0 Å². The van der Waals surface area contributed by atoms with Crippen LogP contribution >= 0.6 is 0 Å². The quantitative estimate of drug-likeness (QED) is 0.720. The van der Waals surface area contributed by atoms with Crippen molar-refractivity contribution in [3.8, 4) is 0 Å². The van der Waals surface area contributed by atoms with Gasteiger partial charge in [0.25, 0.3) is 0 Å². The highest BCUT2D eigenvalue weighted by molar-refractivity contribution is 5.14. The summed E-state index contributed by atoms with van der Waals surface area (Å²) in [6.45, 7) is 9.68. The summed E-state index contributed by atoms with van der Waals surface area (Å²) in [7, 11) is 0. The van der Waals surface area contributed by atoms with E-state index in [-0.39, 0.29) is 17.9 Å². The lowest BCUT2D eigenvalue weighted by molar-refractivity contribution is 0.0308. The van der Waals surface area contributed by atoms with Gasteiger partial charge in [-0.1, -0.05) is 51.1 Å². The fraction of sp³-hybridized carbons (Fsp3) is 0.625. The van der Waals surface area contributed by atoms with Gasteiger partial charge >= 0.3 is 0 Å². The van der Waals surface area contributed by atoms with E-state index < -0.39 is 0 Å². The normalized spacial score (nSPS) is 13.5. The molecule has 3 nitrogen and oxygen atoms in total. The fourth-order valence-electron chi connectivity index (χ4n) is 1.78. The molecule has 0 radical (unpaired) electrons. The van der Waals surface area contributed by atoms with Crippen molar-refractivity contribution >= 4 is 0 Å². The van der Waals surface area contributed by atoms with E-state index in [1.54, 1.807) is 0 Å².